The highest BCUT2D eigenvalue weighted by molar-refractivity contribution is 7.93. The Hall–Kier alpha value is -3.59. The highest BCUT2D eigenvalue weighted by atomic mass is 32.2. The lowest BCUT2D eigenvalue weighted by molar-refractivity contribution is 0.100. The summed E-state index contributed by atoms with van der Waals surface area (Å²) in [5.74, 6) is -0.0625. The van der Waals surface area contributed by atoms with Crippen LogP contribution in [0.2, 0.25) is 0 Å². The molecule has 0 saturated heterocycles. The van der Waals surface area contributed by atoms with Gasteiger partial charge in [-0.05, 0) is 43.7 Å². The molecule has 31 heavy (non-hydrogen) atoms. The molecular weight excluding hydrogens is 414 g/mol. The molecule has 0 aliphatic carbocycles. The van der Waals surface area contributed by atoms with Gasteiger partial charge in [0.15, 0.2) is 0 Å². The van der Waals surface area contributed by atoms with Crippen LogP contribution in [0.5, 0.6) is 0 Å². The van der Waals surface area contributed by atoms with Gasteiger partial charge in [-0.1, -0.05) is 30.3 Å². The van der Waals surface area contributed by atoms with Crippen LogP contribution in [-0.4, -0.2) is 24.6 Å². The summed E-state index contributed by atoms with van der Waals surface area (Å²) in [5.41, 5.74) is 8.58. The summed E-state index contributed by atoms with van der Waals surface area (Å²) < 4.78 is 26.5. The second-order valence-corrected chi connectivity index (χ2v) is 9.45. The monoisotopic (exact) mass is 439 g/mol. The van der Waals surface area contributed by atoms with E-state index < -0.39 is 21.2 Å². The van der Waals surface area contributed by atoms with E-state index in [1.54, 1.807) is 44.2 Å². The first-order valence-electron chi connectivity index (χ1n) is 9.71. The van der Waals surface area contributed by atoms with Gasteiger partial charge in [0, 0.05) is 30.2 Å². The number of rotatable bonds is 9. The van der Waals surface area contributed by atoms with Gasteiger partial charge in [0.2, 0.25) is 10.0 Å². The number of nitrogens with two attached hydrogens (primary N) is 1. The van der Waals surface area contributed by atoms with Crippen molar-refractivity contribution in [2.75, 3.05) is 15.4 Å². The zero-order chi connectivity index (χ0) is 22.4. The number of nitrogens with one attached hydrogen (secondary N) is 3. The van der Waals surface area contributed by atoms with Crippen molar-refractivity contribution in [2.45, 2.75) is 25.6 Å². The predicted molar refractivity (Wildman–Crippen MR) is 124 cm³/mol. The number of primary amides is 1. The first-order valence-corrected chi connectivity index (χ1v) is 11.3. The van der Waals surface area contributed by atoms with Crippen molar-refractivity contribution >= 4 is 38.8 Å². The van der Waals surface area contributed by atoms with Crippen molar-refractivity contribution in [1.29, 1.82) is 0 Å². The van der Waals surface area contributed by atoms with E-state index >= 15 is 0 Å². The molecule has 162 valence electrons. The molecule has 0 radical (unpaired) electrons. The molecule has 5 N–H and O–H groups in total. The van der Waals surface area contributed by atoms with Gasteiger partial charge >= 0.3 is 0 Å². The summed E-state index contributed by atoms with van der Waals surface area (Å²) in [7, 11) is -3.41. The van der Waals surface area contributed by atoms with Gasteiger partial charge in [0.25, 0.3) is 5.91 Å². The molecule has 3 aromatic rings. The van der Waals surface area contributed by atoms with Crippen LogP contribution in [0.3, 0.4) is 0 Å². The van der Waals surface area contributed by atoms with Crippen LogP contribution in [-0.2, 0) is 16.6 Å². The first kappa shape index (κ1) is 22.1. The first-order chi connectivity index (χ1) is 14.7. The lowest BCUT2D eigenvalue weighted by atomic mass is 10.2. The lowest BCUT2D eigenvalue weighted by Crippen LogP contribution is -2.22. The van der Waals surface area contributed by atoms with Crippen molar-refractivity contribution < 1.29 is 13.2 Å². The van der Waals surface area contributed by atoms with E-state index in [0.29, 0.717) is 35.0 Å². The van der Waals surface area contributed by atoms with E-state index in [9.17, 15) is 13.2 Å². The Balaban J connectivity index is 1.74. The molecular formula is C22H25N5O3S. The number of sulfonamides is 1. The number of aromatic nitrogens is 1. The second kappa shape index (κ2) is 9.48. The van der Waals surface area contributed by atoms with Crippen molar-refractivity contribution in [3.8, 4) is 0 Å². The summed E-state index contributed by atoms with van der Waals surface area (Å²) in [6.07, 6.45) is 1.42. The van der Waals surface area contributed by atoms with Gasteiger partial charge in [0.05, 0.1) is 16.5 Å². The number of pyridine rings is 1. The molecule has 0 aliphatic heterocycles. The maximum absolute atomic E-state index is 12.0. The molecule has 2 aromatic carbocycles. The average molecular weight is 440 g/mol. The fourth-order valence-electron chi connectivity index (χ4n) is 2.71. The molecule has 0 saturated carbocycles. The Morgan fingerprint density at radius 2 is 1.68 bits per heavy atom. The van der Waals surface area contributed by atoms with Gasteiger partial charge in [0.1, 0.15) is 5.82 Å². The number of hydrogen-bond acceptors (Lipinski definition) is 6. The quantitative estimate of drug-likeness (QED) is 0.403. The summed E-state index contributed by atoms with van der Waals surface area (Å²) >= 11 is 0. The molecule has 1 heterocycles. The van der Waals surface area contributed by atoms with Crippen LogP contribution in [0.4, 0.5) is 22.9 Å². The second-order valence-electron chi connectivity index (χ2n) is 7.22. The largest absolute Gasteiger partial charge is 0.380 e. The molecule has 0 spiro atoms. The van der Waals surface area contributed by atoms with Crippen LogP contribution in [0.25, 0.3) is 0 Å². The molecule has 0 aliphatic rings. The molecule has 0 fully saturated rings. The van der Waals surface area contributed by atoms with Crippen LogP contribution in [0, 0.1) is 0 Å². The van der Waals surface area contributed by atoms with Gasteiger partial charge < -0.3 is 16.4 Å². The summed E-state index contributed by atoms with van der Waals surface area (Å²) in [6.45, 7) is 3.75. The standard InChI is InChI=1S/C22H25N5O3S/c1-15(2)31(29,30)27-18-10-8-17(9-11-18)26-21-12-20(19(14-25-21)22(23)28)24-13-16-6-4-3-5-7-16/h3-12,14-15,27H,13H2,1-2H3,(H2,23,28)(H2,24,25,26). The normalized spacial score (nSPS) is 11.2. The van der Waals surface area contributed by atoms with E-state index in [4.69, 9.17) is 5.73 Å². The molecule has 1 aromatic heterocycles. The molecule has 0 atom stereocenters. The third-order valence-electron chi connectivity index (χ3n) is 4.53. The molecule has 8 nitrogen and oxygen atoms in total. The maximum Gasteiger partial charge on any atom is 0.252 e. The Labute approximate surface area is 182 Å². The van der Waals surface area contributed by atoms with Crippen molar-refractivity contribution in [3.63, 3.8) is 0 Å². The van der Waals surface area contributed by atoms with Crippen LogP contribution in [0.15, 0.2) is 66.9 Å². The SMILES string of the molecule is CC(C)S(=O)(=O)Nc1ccc(Nc2cc(NCc3ccccc3)c(C(N)=O)cn2)cc1. The van der Waals surface area contributed by atoms with Gasteiger partial charge in [-0.2, -0.15) is 0 Å². The van der Waals surface area contributed by atoms with Gasteiger partial charge in [-0.15, -0.1) is 0 Å². The Bertz CT molecular complexity index is 1150. The number of carbonyl (C=O) groups is 1. The minimum absolute atomic E-state index is 0.292. The number of nitrogens with zero attached hydrogens (tertiary/aromatic N) is 1. The Kier molecular flexibility index (Phi) is 6.76. The molecule has 9 heteroatoms. The summed E-state index contributed by atoms with van der Waals surface area (Å²) in [6, 6.07) is 18.3. The van der Waals surface area contributed by atoms with E-state index in [1.807, 2.05) is 30.3 Å². The third kappa shape index (κ3) is 5.95. The Morgan fingerprint density at radius 1 is 1.03 bits per heavy atom. The fraction of sp³-hybridized carbons (Fsp3) is 0.182. The number of carbonyl (C=O) groups excluding carboxylic acids is 1. The van der Waals surface area contributed by atoms with Crippen molar-refractivity contribution in [3.05, 3.63) is 78.0 Å². The van der Waals surface area contributed by atoms with Crippen LogP contribution < -0.4 is 21.1 Å². The van der Waals surface area contributed by atoms with E-state index in [2.05, 4.69) is 20.3 Å². The smallest absolute Gasteiger partial charge is 0.252 e. The van der Waals surface area contributed by atoms with Crippen LogP contribution >= 0.6 is 0 Å². The van der Waals surface area contributed by atoms with Crippen molar-refractivity contribution in [1.82, 2.24) is 4.98 Å². The fourth-order valence-corrected chi connectivity index (χ4v) is 3.41. The molecule has 0 bridgehead atoms. The topological polar surface area (TPSA) is 126 Å². The number of anilines is 4. The summed E-state index contributed by atoms with van der Waals surface area (Å²) in [4.78, 5) is 16.0. The third-order valence-corrected chi connectivity index (χ3v) is 6.29. The molecule has 0 unspecified atom stereocenters. The number of amides is 1. The zero-order valence-electron chi connectivity index (χ0n) is 17.3. The van der Waals surface area contributed by atoms with Crippen molar-refractivity contribution in [2.24, 2.45) is 5.73 Å². The zero-order valence-corrected chi connectivity index (χ0v) is 18.1. The minimum atomic E-state index is -3.41. The lowest BCUT2D eigenvalue weighted by Gasteiger charge is -2.14. The van der Waals surface area contributed by atoms with E-state index in [1.165, 1.54) is 6.20 Å². The molecule has 1 amide bonds. The average Bonchev–Trinajstić information content (AvgIpc) is 2.74. The Morgan fingerprint density at radius 3 is 2.29 bits per heavy atom. The number of benzene rings is 2. The van der Waals surface area contributed by atoms with Gasteiger partial charge in [-0.25, -0.2) is 13.4 Å². The maximum atomic E-state index is 12.0. The predicted octanol–water partition coefficient (Wildman–Crippen LogP) is 3.69. The molecule has 3 rings (SSSR count). The van der Waals surface area contributed by atoms with Gasteiger partial charge in [-0.3, -0.25) is 9.52 Å². The summed E-state index contributed by atoms with van der Waals surface area (Å²) in [5, 5.41) is 5.84. The van der Waals surface area contributed by atoms with E-state index in [0.717, 1.165) is 5.56 Å². The minimum Gasteiger partial charge on any atom is -0.380 e. The number of hydrogen-bond donors (Lipinski definition) is 4. The highest BCUT2D eigenvalue weighted by Gasteiger charge is 2.15. The van der Waals surface area contributed by atoms with Crippen LogP contribution in [0.1, 0.15) is 29.8 Å². The van der Waals surface area contributed by atoms with E-state index in [-0.39, 0.29) is 0 Å². The highest BCUT2D eigenvalue weighted by Crippen LogP contribution is 2.23.